The topological polar surface area (TPSA) is 91.8 Å². The molecule has 2 N–H and O–H groups in total. The molecule has 7 atom stereocenters. The highest BCUT2D eigenvalue weighted by Crippen LogP contribution is 2.42. The van der Waals surface area contributed by atoms with Gasteiger partial charge in [-0.1, -0.05) is 37.1 Å². The van der Waals surface area contributed by atoms with Crippen molar-refractivity contribution in [2.45, 2.75) is 82.0 Å². The predicted octanol–water partition coefficient (Wildman–Crippen LogP) is 7.00. The molecule has 3 aromatic rings. The molecule has 7 rings (SSSR count). The van der Waals surface area contributed by atoms with E-state index in [1.54, 1.807) is 24.5 Å². The van der Waals surface area contributed by atoms with E-state index in [2.05, 4.69) is 40.7 Å². The Bertz CT molecular complexity index is 1450. The number of carbonyl (C=O) groups is 1. The number of rotatable bonds is 0. The number of carbonyl (C=O) groups excluding carboxylic acids is 1. The molecule has 2 aliphatic carbocycles. The zero-order chi connectivity index (χ0) is 33.4. The van der Waals surface area contributed by atoms with E-state index in [0.717, 1.165) is 69.5 Å². The molecule has 4 aliphatic rings. The number of halogens is 1. The third-order valence-corrected chi connectivity index (χ3v) is 12.3. The first-order chi connectivity index (χ1) is 22.6. The van der Waals surface area contributed by atoms with Gasteiger partial charge < -0.3 is 14.7 Å². The van der Waals surface area contributed by atoms with E-state index in [-0.39, 0.29) is 28.6 Å². The molecule has 254 valence electrons. The Morgan fingerprint density at radius 1 is 1.02 bits per heavy atom. The second-order valence-corrected chi connectivity index (χ2v) is 15.9. The Hall–Kier alpha value is -2.78. The van der Waals surface area contributed by atoms with Crippen LogP contribution in [0.3, 0.4) is 0 Å². The number of pyridine rings is 1. The molecule has 6 unspecified atom stereocenters. The van der Waals surface area contributed by atoms with E-state index in [9.17, 15) is 14.1 Å². The van der Waals surface area contributed by atoms with Crippen LogP contribution >= 0.6 is 11.6 Å². The third-order valence-electron chi connectivity index (χ3n) is 10.5. The lowest BCUT2D eigenvalue weighted by Crippen LogP contribution is -2.49. The van der Waals surface area contributed by atoms with Crippen LogP contribution in [0.1, 0.15) is 80.3 Å². The summed E-state index contributed by atoms with van der Waals surface area (Å²) in [4.78, 5) is 19.1. The Balaban J connectivity index is 0.000000650. The van der Waals surface area contributed by atoms with Gasteiger partial charge in [0, 0.05) is 41.5 Å². The van der Waals surface area contributed by atoms with Gasteiger partial charge in [0.1, 0.15) is 16.7 Å². The van der Waals surface area contributed by atoms with Crippen molar-refractivity contribution in [1.29, 1.82) is 0 Å². The number of hydrogen-bond acceptors (Lipinski definition) is 6. The minimum atomic E-state index is -1.49. The first kappa shape index (κ1) is 35.5. The van der Waals surface area contributed by atoms with E-state index in [0.29, 0.717) is 29.8 Å². The van der Waals surface area contributed by atoms with Crippen molar-refractivity contribution in [3.05, 3.63) is 94.8 Å². The van der Waals surface area contributed by atoms with Gasteiger partial charge in [-0.3, -0.25) is 14.5 Å². The van der Waals surface area contributed by atoms with Gasteiger partial charge >= 0.3 is 0 Å². The number of aliphatic hydroxyl groups excluding tert-OH is 1. The lowest BCUT2D eigenvalue weighted by molar-refractivity contribution is -0.00951. The standard InChI is InChI=1S/C33H45ClN2O4S.C5H5N/c1-22-6-4-8-31(37)29-15-11-26(29)19-36(3)20-33(17-5-7-25-18-27(34)12-16-30(25)33)21-40-28-13-9-24(10-14-28)32(38)35-41(39)23(22)2;1-2-4-6-5-3-1/h9-10,12-14,16,18,22-23,26,29,31,37H,4-8,11,15,17,19-21H2,1-3H3,(H,35,38);1-5H/t22?,23?,26?,29?,31?,33-,41?;/m0./s1. The molecular weight excluding hydrogens is 630 g/mol. The van der Waals surface area contributed by atoms with Gasteiger partial charge in [-0.15, -0.1) is 0 Å². The van der Waals surface area contributed by atoms with Gasteiger partial charge in [0.2, 0.25) is 0 Å². The van der Waals surface area contributed by atoms with Crippen molar-refractivity contribution in [2.75, 3.05) is 26.7 Å². The Morgan fingerprint density at radius 2 is 1.79 bits per heavy atom. The smallest absolute Gasteiger partial charge is 0.262 e. The molecule has 0 saturated heterocycles. The number of fused-ring (bicyclic) bond motifs is 14. The molecule has 2 aliphatic heterocycles. The van der Waals surface area contributed by atoms with Crippen LogP contribution in [0.2, 0.25) is 5.02 Å². The zero-order valence-electron chi connectivity index (χ0n) is 27.9. The van der Waals surface area contributed by atoms with Gasteiger partial charge in [0.25, 0.3) is 5.91 Å². The lowest BCUT2D eigenvalue weighted by Gasteiger charge is -2.45. The molecule has 1 spiro atoms. The molecular formula is C38H50ClN3O4S. The molecule has 1 fully saturated rings. The number of amides is 1. The van der Waals surface area contributed by atoms with Crippen molar-refractivity contribution in [3.8, 4) is 5.75 Å². The Kier molecular flexibility index (Phi) is 12.5. The van der Waals surface area contributed by atoms with Crippen molar-refractivity contribution >= 4 is 28.5 Å². The summed E-state index contributed by atoms with van der Waals surface area (Å²) in [6.07, 6.45) is 11.0. The van der Waals surface area contributed by atoms with Crippen LogP contribution in [0.4, 0.5) is 0 Å². The highest BCUT2D eigenvalue weighted by atomic mass is 35.5. The van der Waals surface area contributed by atoms with Crippen LogP contribution in [0.25, 0.3) is 0 Å². The lowest BCUT2D eigenvalue weighted by atomic mass is 9.68. The number of aryl methyl sites for hydroxylation is 1. The first-order valence-electron chi connectivity index (χ1n) is 17.1. The normalized spacial score (nSPS) is 30.6. The number of ether oxygens (including phenoxy) is 1. The van der Waals surface area contributed by atoms with E-state index in [4.69, 9.17) is 16.3 Å². The first-order valence-corrected chi connectivity index (χ1v) is 18.7. The molecule has 1 saturated carbocycles. The molecule has 9 heteroatoms. The number of nitrogens with one attached hydrogen (secondary N) is 1. The average molecular weight is 680 g/mol. The van der Waals surface area contributed by atoms with Crippen LogP contribution in [0, 0.1) is 17.8 Å². The Morgan fingerprint density at radius 3 is 2.45 bits per heavy atom. The minimum Gasteiger partial charge on any atom is -0.493 e. The van der Waals surface area contributed by atoms with Crippen LogP contribution < -0.4 is 9.46 Å². The molecule has 1 amide bonds. The van der Waals surface area contributed by atoms with Gasteiger partial charge in [-0.25, -0.2) is 4.21 Å². The molecule has 2 bridgehead atoms. The van der Waals surface area contributed by atoms with Crippen LogP contribution in [-0.2, 0) is 22.8 Å². The van der Waals surface area contributed by atoms with E-state index in [1.165, 1.54) is 11.1 Å². The fourth-order valence-corrected chi connectivity index (χ4v) is 8.74. The average Bonchev–Trinajstić information content (AvgIpc) is 3.06. The van der Waals surface area contributed by atoms with E-state index >= 15 is 0 Å². The fourth-order valence-electron chi connectivity index (χ4n) is 7.50. The SMILES string of the molecule is CC1CCCC(O)C2CCC2CN(C)C[C@@]2(CCCc3cc(Cl)ccc32)COc2ccc(cc2)C(=O)NS(=O)C1C.c1ccncc1. The van der Waals surface area contributed by atoms with Gasteiger partial charge in [-0.2, -0.15) is 0 Å². The fraction of sp³-hybridized carbons (Fsp3) is 0.526. The molecule has 3 heterocycles. The van der Waals surface area contributed by atoms with Gasteiger partial charge in [0.05, 0.1) is 18.0 Å². The number of nitrogens with zero attached hydrogens (tertiary/aromatic N) is 2. The third kappa shape index (κ3) is 9.23. The largest absolute Gasteiger partial charge is 0.493 e. The second-order valence-electron chi connectivity index (χ2n) is 13.9. The summed E-state index contributed by atoms with van der Waals surface area (Å²) >= 11 is 6.40. The van der Waals surface area contributed by atoms with Crippen LogP contribution in [-0.4, -0.2) is 63.2 Å². The minimum absolute atomic E-state index is 0.168. The molecule has 0 radical (unpaired) electrons. The number of benzene rings is 2. The number of hydrogen-bond donors (Lipinski definition) is 2. The molecule has 47 heavy (non-hydrogen) atoms. The summed E-state index contributed by atoms with van der Waals surface area (Å²) in [5.41, 5.74) is 2.88. The highest BCUT2D eigenvalue weighted by molar-refractivity contribution is 7.84. The highest BCUT2D eigenvalue weighted by Gasteiger charge is 2.41. The van der Waals surface area contributed by atoms with Gasteiger partial charge in [0.15, 0.2) is 0 Å². The van der Waals surface area contributed by atoms with Gasteiger partial charge in [-0.05, 0) is 136 Å². The van der Waals surface area contributed by atoms with E-state index < -0.39 is 11.0 Å². The van der Waals surface area contributed by atoms with Crippen molar-refractivity contribution in [1.82, 2.24) is 14.6 Å². The number of aliphatic hydroxyl groups is 1. The van der Waals surface area contributed by atoms with E-state index in [1.807, 2.05) is 43.3 Å². The summed E-state index contributed by atoms with van der Waals surface area (Å²) in [7, 11) is 0.718. The predicted molar refractivity (Wildman–Crippen MR) is 190 cm³/mol. The summed E-state index contributed by atoms with van der Waals surface area (Å²) < 4.78 is 22.1. The summed E-state index contributed by atoms with van der Waals surface area (Å²) in [6.45, 7) is 6.35. The van der Waals surface area contributed by atoms with Crippen molar-refractivity contribution in [2.24, 2.45) is 17.8 Å². The maximum atomic E-state index is 12.9. The number of likely N-dealkylation sites (N-methyl/N-ethyl adjacent to an activating group) is 1. The summed E-state index contributed by atoms with van der Waals surface area (Å²) in [6, 6.07) is 19.1. The van der Waals surface area contributed by atoms with Crippen molar-refractivity contribution < 1.29 is 18.8 Å². The van der Waals surface area contributed by atoms with Crippen LogP contribution in [0.5, 0.6) is 5.75 Å². The molecule has 7 nitrogen and oxygen atoms in total. The maximum Gasteiger partial charge on any atom is 0.262 e. The molecule has 1 aromatic heterocycles. The maximum absolute atomic E-state index is 12.9. The Labute approximate surface area is 288 Å². The summed E-state index contributed by atoms with van der Waals surface area (Å²) in [5, 5.41) is 11.7. The zero-order valence-corrected chi connectivity index (χ0v) is 29.5. The van der Waals surface area contributed by atoms with Crippen LogP contribution in [0.15, 0.2) is 73.1 Å². The van der Waals surface area contributed by atoms with Crippen molar-refractivity contribution in [3.63, 3.8) is 0 Å². The summed E-state index contributed by atoms with van der Waals surface area (Å²) in [5.74, 6) is 1.35. The second kappa shape index (κ2) is 16.6. The monoisotopic (exact) mass is 679 g/mol. The number of aromatic nitrogens is 1. The molecule has 2 aromatic carbocycles. The quantitative estimate of drug-likeness (QED) is 0.266.